The SMILES string of the molecule is CC(=O)OC[C@H]1OC(OC[C@H]2O[C@@H](OC(C)=O)[C@H](N3C(=O)c4ccccc4C3=O)[C@@H](OC(C)=O)[C@@H]2OC(C)=O)[C@H](OC(C)=O)[C@@H](OC(C)=O)[C@@H]1OC(C)=O. The maximum Gasteiger partial charge on any atom is 0.305 e. The topological polar surface area (TPSA) is 249 Å². The third-order valence-electron chi connectivity index (χ3n) is 8.00. The minimum atomic E-state index is -1.86. The Kier molecular flexibility index (Phi) is 13.4. The van der Waals surface area contributed by atoms with Crippen LogP contribution < -0.4 is 0 Å². The number of amides is 2. The Bertz CT molecular complexity index is 1640. The van der Waals surface area contributed by atoms with Crippen molar-refractivity contribution >= 4 is 53.6 Å². The molecule has 0 spiro atoms. The molecule has 10 atom stereocenters. The van der Waals surface area contributed by atoms with Gasteiger partial charge in [0.05, 0.1) is 17.7 Å². The Morgan fingerprint density at radius 2 is 0.926 bits per heavy atom. The molecular weight excluding hydrogens is 726 g/mol. The van der Waals surface area contributed by atoms with Gasteiger partial charge in [0, 0.05) is 48.5 Å². The number of carbonyl (C=O) groups excluding carboxylic acids is 9. The Balaban J connectivity index is 1.76. The Morgan fingerprint density at radius 1 is 0.519 bits per heavy atom. The monoisotopic (exact) mass is 765 g/mol. The van der Waals surface area contributed by atoms with E-state index in [2.05, 4.69) is 0 Å². The molecule has 2 fully saturated rings. The first-order valence-corrected chi connectivity index (χ1v) is 16.5. The highest BCUT2D eigenvalue weighted by atomic mass is 16.8. The van der Waals surface area contributed by atoms with Crippen LogP contribution in [0.3, 0.4) is 0 Å². The molecule has 4 rings (SSSR count). The standard InChI is InChI=1S/C34H39NO19/c1-14(36)45-12-23-27(48-16(3)38)29(50-18(5)40)30(51-19(6)41)34(54-23)46-13-24-26(47-15(2)37)28(49-17(4)39)25(33(53-24)52-20(7)42)35-31(43)21-10-8-9-11-22(21)32(35)44/h8-11,23-30,33-34H,12-13H2,1-7H3/t23-,24-,25-,26-,27-,28-,29+,30-,33-,34?/m1/s1. The summed E-state index contributed by atoms with van der Waals surface area (Å²) in [5, 5.41) is 0. The summed E-state index contributed by atoms with van der Waals surface area (Å²) in [4.78, 5) is 114. The quantitative estimate of drug-likeness (QED) is 0.153. The van der Waals surface area contributed by atoms with E-state index < -0.39 is 128 Å². The molecule has 54 heavy (non-hydrogen) atoms. The van der Waals surface area contributed by atoms with Crippen LogP contribution in [0.5, 0.6) is 0 Å². The second-order valence-electron chi connectivity index (χ2n) is 12.2. The van der Waals surface area contributed by atoms with E-state index in [9.17, 15) is 43.2 Å². The zero-order chi connectivity index (χ0) is 40.0. The molecule has 20 nitrogen and oxygen atoms in total. The normalized spacial score (nSPS) is 28.9. The number of nitrogens with zero attached hydrogens (tertiary/aromatic N) is 1. The van der Waals surface area contributed by atoms with Gasteiger partial charge in [-0.3, -0.25) is 48.1 Å². The van der Waals surface area contributed by atoms with Crippen LogP contribution in [0.15, 0.2) is 24.3 Å². The van der Waals surface area contributed by atoms with Gasteiger partial charge in [0.25, 0.3) is 11.8 Å². The van der Waals surface area contributed by atoms with Gasteiger partial charge in [-0.2, -0.15) is 0 Å². The van der Waals surface area contributed by atoms with Crippen LogP contribution in [0.2, 0.25) is 0 Å². The molecule has 0 radical (unpaired) electrons. The molecule has 294 valence electrons. The molecule has 3 aliphatic heterocycles. The molecule has 0 bridgehead atoms. The van der Waals surface area contributed by atoms with E-state index in [1.54, 1.807) is 0 Å². The number of imide groups is 1. The number of fused-ring (bicyclic) bond motifs is 1. The summed E-state index contributed by atoms with van der Waals surface area (Å²) >= 11 is 0. The molecule has 0 aromatic heterocycles. The number of carbonyl (C=O) groups is 9. The molecule has 3 heterocycles. The molecule has 20 heteroatoms. The van der Waals surface area contributed by atoms with Gasteiger partial charge >= 0.3 is 41.8 Å². The lowest BCUT2D eigenvalue weighted by Gasteiger charge is -2.47. The molecule has 2 amide bonds. The lowest BCUT2D eigenvalue weighted by atomic mass is 9.94. The zero-order valence-corrected chi connectivity index (χ0v) is 30.2. The van der Waals surface area contributed by atoms with Gasteiger partial charge in [-0.05, 0) is 12.1 Å². The first-order valence-electron chi connectivity index (χ1n) is 16.5. The van der Waals surface area contributed by atoms with Gasteiger partial charge in [0.1, 0.15) is 24.9 Å². The molecule has 0 aliphatic carbocycles. The average molecular weight is 766 g/mol. The van der Waals surface area contributed by atoms with Gasteiger partial charge < -0.3 is 47.4 Å². The molecule has 3 aliphatic rings. The summed E-state index contributed by atoms with van der Waals surface area (Å²) in [5.41, 5.74) is -0.0207. The van der Waals surface area contributed by atoms with Crippen molar-refractivity contribution in [2.24, 2.45) is 0 Å². The van der Waals surface area contributed by atoms with Crippen LogP contribution in [0.25, 0.3) is 0 Å². The lowest BCUT2D eigenvalue weighted by Crippen LogP contribution is -2.68. The van der Waals surface area contributed by atoms with Crippen molar-refractivity contribution in [1.29, 1.82) is 0 Å². The highest BCUT2D eigenvalue weighted by molar-refractivity contribution is 6.21. The molecule has 0 N–H and O–H groups in total. The Morgan fingerprint density at radius 3 is 1.41 bits per heavy atom. The van der Waals surface area contributed by atoms with Crippen molar-refractivity contribution in [2.45, 2.75) is 110 Å². The van der Waals surface area contributed by atoms with E-state index >= 15 is 0 Å². The highest BCUT2D eigenvalue weighted by Gasteiger charge is 2.59. The van der Waals surface area contributed by atoms with E-state index in [-0.39, 0.29) is 11.1 Å². The number of hydrogen-bond donors (Lipinski definition) is 0. The van der Waals surface area contributed by atoms with Gasteiger partial charge in [-0.1, -0.05) is 12.1 Å². The first kappa shape index (κ1) is 41.3. The van der Waals surface area contributed by atoms with Crippen molar-refractivity contribution in [1.82, 2.24) is 4.90 Å². The summed E-state index contributed by atoms with van der Waals surface area (Å²) in [7, 11) is 0. The third kappa shape index (κ3) is 9.74. The summed E-state index contributed by atoms with van der Waals surface area (Å²) in [6.07, 6.45) is -14.8. The summed E-state index contributed by atoms with van der Waals surface area (Å²) in [5.74, 6) is -8.01. The van der Waals surface area contributed by atoms with Crippen molar-refractivity contribution < 1.29 is 90.5 Å². The predicted molar refractivity (Wildman–Crippen MR) is 170 cm³/mol. The number of ether oxygens (including phenoxy) is 10. The minimum absolute atomic E-state index is 0.0104. The molecule has 0 saturated carbocycles. The maximum absolute atomic E-state index is 13.6. The lowest BCUT2D eigenvalue weighted by molar-refractivity contribution is -0.325. The molecule has 1 aromatic carbocycles. The average Bonchev–Trinajstić information content (AvgIpc) is 3.30. The van der Waals surface area contributed by atoms with Crippen molar-refractivity contribution in [3.8, 4) is 0 Å². The van der Waals surface area contributed by atoms with Crippen LogP contribution in [0, 0.1) is 0 Å². The van der Waals surface area contributed by atoms with Crippen molar-refractivity contribution in [3.63, 3.8) is 0 Å². The second kappa shape index (κ2) is 17.6. The predicted octanol–water partition coefficient (Wildman–Crippen LogP) is -0.0977. The maximum atomic E-state index is 13.6. The van der Waals surface area contributed by atoms with Crippen LogP contribution >= 0.6 is 0 Å². The van der Waals surface area contributed by atoms with E-state index in [4.69, 9.17) is 47.4 Å². The molecule has 1 unspecified atom stereocenters. The van der Waals surface area contributed by atoms with Crippen molar-refractivity contribution in [2.75, 3.05) is 13.2 Å². The Hall–Kier alpha value is -5.47. The highest BCUT2D eigenvalue weighted by Crippen LogP contribution is 2.37. The fraction of sp³-hybridized carbons (Fsp3) is 0.559. The fourth-order valence-corrected chi connectivity index (χ4v) is 6.21. The first-order chi connectivity index (χ1) is 25.4. The Labute approximate surface area is 307 Å². The number of hydrogen-bond acceptors (Lipinski definition) is 19. The van der Waals surface area contributed by atoms with E-state index in [0.717, 1.165) is 48.5 Å². The van der Waals surface area contributed by atoms with Gasteiger partial charge in [-0.15, -0.1) is 0 Å². The van der Waals surface area contributed by atoms with E-state index in [0.29, 0.717) is 4.90 Å². The van der Waals surface area contributed by atoms with Crippen LogP contribution in [-0.2, 0) is 80.9 Å². The second-order valence-corrected chi connectivity index (χ2v) is 12.2. The summed E-state index contributed by atoms with van der Waals surface area (Å²) < 4.78 is 55.8. The third-order valence-corrected chi connectivity index (χ3v) is 8.00. The largest absolute Gasteiger partial charge is 0.463 e. The zero-order valence-electron chi connectivity index (χ0n) is 30.2. The van der Waals surface area contributed by atoms with Gasteiger partial charge in [0.15, 0.2) is 36.8 Å². The van der Waals surface area contributed by atoms with Crippen molar-refractivity contribution in [3.05, 3.63) is 35.4 Å². The fourth-order valence-electron chi connectivity index (χ4n) is 6.21. The summed E-state index contributed by atoms with van der Waals surface area (Å²) in [6, 6.07) is 4.08. The van der Waals surface area contributed by atoms with Crippen LogP contribution in [0.1, 0.15) is 69.2 Å². The van der Waals surface area contributed by atoms with E-state index in [1.807, 2.05) is 0 Å². The van der Waals surface area contributed by atoms with Crippen LogP contribution in [-0.4, -0.2) is 133 Å². The number of benzene rings is 1. The number of rotatable bonds is 12. The minimum Gasteiger partial charge on any atom is -0.463 e. The molecule has 1 aromatic rings. The molecular formula is C34H39NO19. The molecule has 2 saturated heterocycles. The van der Waals surface area contributed by atoms with Gasteiger partial charge in [-0.25, -0.2) is 0 Å². The van der Waals surface area contributed by atoms with Crippen LogP contribution in [0.4, 0.5) is 0 Å². The van der Waals surface area contributed by atoms with E-state index in [1.165, 1.54) is 24.3 Å². The van der Waals surface area contributed by atoms with Gasteiger partial charge in [0.2, 0.25) is 6.29 Å². The number of esters is 7. The summed E-state index contributed by atoms with van der Waals surface area (Å²) in [6.45, 7) is 5.88. The smallest absolute Gasteiger partial charge is 0.305 e.